The maximum atomic E-state index is 13.5. The molecule has 5 heteroatoms. The van der Waals surface area contributed by atoms with Gasteiger partial charge < -0.3 is 10.4 Å². The van der Waals surface area contributed by atoms with E-state index in [-0.39, 0.29) is 17.5 Å². The number of hydrogen-bond acceptors (Lipinski definition) is 2. The van der Waals surface area contributed by atoms with Crippen molar-refractivity contribution in [1.82, 2.24) is 5.32 Å². The van der Waals surface area contributed by atoms with Crippen LogP contribution >= 0.6 is 0 Å². The number of aromatic carboxylic acids is 1. The summed E-state index contributed by atoms with van der Waals surface area (Å²) in [5.74, 6) is -2.06. The summed E-state index contributed by atoms with van der Waals surface area (Å²) >= 11 is 0. The smallest absolute Gasteiger partial charge is 0.335 e. The summed E-state index contributed by atoms with van der Waals surface area (Å²) < 4.78 is 13.5. The Kier molecular flexibility index (Phi) is 3.79. The maximum Gasteiger partial charge on any atom is 0.335 e. The van der Waals surface area contributed by atoms with Crippen LogP contribution in [0.3, 0.4) is 0 Å². The van der Waals surface area contributed by atoms with Crippen molar-refractivity contribution >= 4 is 11.9 Å². The molecule has 0 atom stereocenters. The third kappa shape index (κ3) is 2.81. The quantitative estimate of drug-likeness (QED) is 0.889. The van der Waals surface area contributed by atoms with Crippen LogP contribution in [0.1, 0.15) is 49.0 Å². The highest BCUT2D eigenvalue weighted by molar-refractivity contribution is 5.90. The highest BCUT2D eigenvalue weighted by atomic mass is 19.1. The average Bonchev–Trinajstić information content (AvgIpc) is 2.32. The Morgan fingerprint density at radius 3 is 2.45 bits per heavy atom. The van der Waals surface area contributed by atoms with E-state index in [2.05, 4.69) is 5.32 Å². The van der Waals surface area contributed by atoms with E-state index in [1.54, 1.807) is 13.8 Å². The molecule has 0 radical (unpaired) electrons. The minimum absolute atomic E-state index is 0.149. The molecule has 0 aromatic heterocycles. The molecule has 0 unspecified atom stereocenters. The molecule has 108 valence electrons. The van der Waals surface area contributed by atoms with Gasteiger partial charge in [-0.25, -0.2) is 9.18 Å². The molecule has 0 bridgehead atoms. The number of nitrogens with one attached hydrogen (secondary N) is 1. The summed E-state index contributed by atoms with van der Waals surface area (Å²) in [5, 5.41) is 11.9. The molecule has 0 saturated heterocycles. The van der Waals surface area contributed by atoms with Crippen molar-refractivity contribution < 1.29 is 19.1 Å². The zero-order chi connectivity index (χ0) is 14.9. The Balaban J connectivity index is 2.27. The van der Waals surface area contributed by atoms with E-state index in [1.165, 1.54) is 12.1 Å². The van der Waals surface area contributed by atoms with Crippen molar-refractivity contribution in [2.45, 2.75) is 44.6 Å². The number of rotatable bonds is 4. The van der Waals surface area contributed by atoms with Crippen molar-refractivity contribution in [1.29, 1.82) is 0 Å². The molecule has 2 N–H and O–H groups in total. The first kappa shape index (κ1) is 14.5. The molecule has 0 spiro atoms. The number of carboxylic acids is 1. The third-order valence-electron chi connectivity index (χ3n) is 3.87. The van der Waals surface area contributed by atoms with Crippen molar-refractivity contribution in [3.63, 3.8) is 0 Å². The molecular formula is C15H18FNO3. The molecule has 1 saturated carbocycles. The van der Waals surface area contributed by atoms with E-state index >= 15 is 0 Å². The van der Waals surface area contributed by atoms with Gasteiger partial charge in [-0.15, -0.1) is 0 Å². The van der Waals surface area contributed by atoms with Crippen molar-refractivity contribution in [2.75, 3.05) is 0 Å². The highest BCUT2D eigenvalue weighted by Gasteiger charge is 2.33. The summed E-state index contributed by atoms with van der Waals surface area (Å²) in [6.45, 7) is 3.34. The number of amides is 1. The fourth-order valence-electron chi connectivity index (χ4n) is 2.12. The zero-order valence-corrected chi connectivity index (χ0v) is 11.6. The average molecular weight is 279 g/mol. The van der Waals surface area contributed by atoms with Gasteiger partial charge in [-0.2, -0.15) is 0 Å². The SMILES string of the molecule is CC(C)(C(=O)NC1CCC1)c1cc(F)cc(C(=O)O)c1. The summed E-state index contributed by atoms with van der Waals surface area (Å²) in [6, 6.07) is 3.71. The van der Waals surface area contributed by atoms with Crippen molar-refractivity contribution in [3.8, 4) is 0 Å². The third-order valence-corrected chi connectivity index (χ3v) is 3.87. The molecule has 0 heterocycles. The van der Waals surface area contributed by atoms with E-state index < -0.39 is 17.2 Å². The summed E-state index contributed by atoms with van der Waals surface area (Å²) in [7, 11) is 0. The van der Waals surface area contributed by atoms with Crippen molar-refractivity contribution in [3.05, 3.63) is 35.1 Å². The van der Waals surface area contributed by atoms with Gasteiger partial charge in [0.25, 0.3) is 0 Å². The van der Waals surface area contributed by atoms with Crippen LogP contribution < -0.4 is 5.32 Å². The van der Waals surface area contributed by atoms with Crippen LogP contribution in [0.2, 0.25) is 0 Å². The Labute approximate surface area is 117 Å². The predicted octanol–water partition coefficient (Wildman–Crippen LogP) is 2.47. The lowest BCUT2D eigenvalue weighted by Gasteiger charge is -2.32. The first-order valence-electron chi connectivity index (χ1n) is 6.66. The second kappa shape index (κ2) is 5.23. The van der Waals surface area contributed by atoms with Gasteiger partial charge >= 0.3 is 5.97 Å². The maximum absolute atomic E-state index is 13.5. The summed E-state index contributed by atoms with van der Waals surface area (Å²) in [4.78, 5) is 23.2. The number of benzene rings is 1. The van der Waals surface area contributed by atoms with Gasteiger partial charge in [0.05, 0.1) is 11.0 Å². The number of carbonyl (C=O) groups is 2. The molecule has 1 amide bonds. The normalized spacial score (nSPS) is 15.6. The Morgan fingerprint density at radius 2 is 1.95 bits per heavy atom. The van der Waals surface area contributed by atoms with Crippen LogP contribution in [0.5, 0.6) is 0 Å². The van der Waals surface area contributed by atoms with E-state index in [0.29, 0.717) is 5.56 Å². The van der Waals surface area contributed by atoms with E-state index in [4.69, 9.17) is 5.11 Å². The topological polar surface area (TPSA) is 66.4 Å². The highest BCUT2D eigenvalue weighted by Crippen LogP contribution is 2.27. The summed E-state index contributed by atoms with van der Waals surface area (Å²) in [5.41, 5.74) is -0.752. The standard InChI is InChI=1S/C15H18FNO3/c1-15(2,14(20)17-12-4-3-5-12)10-6-9(13(18)19)7-11(16)8-10/h6-8,12H,3-5H2,1-2H3,(H,17,20)(H,18,19). The number of carboxylic acid groups (broad SMARTS) is 1. The second-order valence-electron chi connectivity index (χ2n) is 5.76. The van der Waals surface area contributed by atoms with E-state index in [9.17, 15) is 14.0 Å². The minimum atomic E-state index is -1.21. The molecule has 2 rings (SSSR count). The minimum Gasteiger partial charge on any atom is -0.478 e. The van der Waals surface area contributed by atoms with Gasteiger partial charge in [-0.3, -0.25) is 4.79 Å². The van der Waals surface area contributed by atoms with Crippen LogP contribution in [0.4, 0.5) is 4.39 Å². The lowest BCUT2D eigenvalue weighted by molar-refractivity contribution is -0.126. The monoisotopic (exact) mass is 279 g/mol. The molecule has 20 heavy (non-hydrogen) atoms. The largest absolute Gasteiger partial charge is 0.478 e. The van der Waals surface area contributed by atoms with Gasteiger partial charge in [-0.05, 0) is 56.9 Å². The zero-order valence-electron chi connectivity index (χ0n) is 11.6. The van der Waals surface area contributed by atoms with Gasteiger partial charge in [0, 0.05) is 6.04 Å². The lowest BCUT2D eigenvalue weighted by atomic mass is 9.81. The van der Waals surface area contributed by atoms with Crippen LogP contribution in [0, 0.1) is 5.82 Å². The molecule has 4 nitrogen and oxygen atoms in total. The Bertz CT molecular complexity index is 550. The van der Waals surface area contributed by atoms with E-state index in [1.807, 2.05) is 0 Å². The van der Waals surface area contributed by atoms with Gasteiger partial charge in [0.1, 0.15) is 5.82 Å². The van der Waals surface area contributed by atoms with E-state index in [0.717, 1.165) is 25.3 Å². The molecule has 1 fully saturated rings. The van der Waals surface area contributed by atoms with Crippen LogP contribution in [0.25, 0.3) is 0 Å². The molecular weight excluding hydrogens is 261 g/mol. The van der Waals surface area contributed by atoms with Crippen molar-refractivity contribution in [2.24, 2.45) is 0 Å². The van der Waals surface area contributed by atoms with Gasteiger partial charge in [-0.1, -0.05) is 0 Å². The summed E-state index contributed by atoms with van der Waals surface area (Å²) in [6.07, 6.45) is 3.03. The molecule has 1 aromatic rings. The van der Waals surface area contributed by atoms with Crippen LogP contribution in [-0.4, -0.2) is 23.0 Å². The Hall–Kier alpha value is -1.91. The molecule has 1 aliphatic rings. The van der Waals surface area contributed by atoms with Gasteiger partial charge in [0.2, 0.25) is 5.91 Å². The first-order valence-corrected chi connectivity index (χ1v) is 6.66. The number of hydrogen-bond donors (Lipinski definition) is 2. The van der Waals surface area contributed by atoms with Crippen LogP contribution in [0.15, 0.2) is 18.2 Å². The Morgan fingerprint density at radius 1 is 1.30 bits per heavy atom. The number of halogens is 1. The fourth-order valence-corrected chi connectivity index (χ4v) is 2.12. The molecule has 1 aromatic carbocycles. The lowest BCUT2D eigenvalue weighted by Crippen LogP contribution is -2.47. The molecule has 1 aliphatic carbocycles. The first-order chi connectivity index (χ1) is 9.30. The van der Waals surface area contributed by atoms with Gasteiger partial charge in [0.15, 0.2) is 0 Å². The van der Waals surface area contributed by atoms with Crippen LogP contribution in [-0.2, 0) is 10.2 Å². The second-order valence-corrected chi connectivity index (χ2v) is 5.76. The number of carbonyl (C=O) groups excluding carboxylic acids is 1. The fraction of sp³-hybridized carbons (Fsp3) is 0.467. The molecule has 0 aliphatic heterocycles. The predicted molar refractivity (Wildman–Crippen MR) is 72.2 cm³/mol.